The van der Waals surface area contributed by atoms with E-state index in [0.717, 1.165) is 6.26 Å². The molecule has 0 amide bonds. The highest BCUT2D eigenvalue weighted by atomic mass is 19.4. The van der Waals surface area contributed by atoms with Crippen LogP contribution in [-0.4, -0.2) is 22.9 Å². The fourth-order valence-electron chi connectivity index (χ4n) is 1.31. The third-order valence-electron chi connectivity index (χ3n) is 1.98. The van der Waals surface area contributed by atoms with Gasteiger partial charge >= 0.3 is 12.1 Å². The van der Waals surface area contributed by atoms with Crippen LogP contribution in [0.2, 0.25) is 0 Å². The minimum absolute atomic E-state index is 0.154. The summed E-state index contributed by atoms with van der Waals surface area (Å²) in [6.07, 6.45) is -3.36. The number of hydrogen-bond donors (Lipinski definition) is 1. The zero-order chi connectivity index (χ0) is 10.8. The second-order valence-corrected chi connectivity index (χ2v) is 3.12. The minimum Gasteiger partial charge on any atom is -0.483 e. The average Bonchev–Trinajstić information content (AvgIpc) is 2.02. The van der Waals surface area contributed by atoms with Crippen LogP contribution in [-0.2, 0) is 9.53 Å². The van der Waals surface area contributed by atoms with Gasteiger partial charge in [0.2, 0.25) is 5.60 Å². The normalized spacial score (nSPS) is 27.1. The molecular weight excluding hydrogens is 201 g/mol. The molecule has 0 aromatic carbocycles. The first-order valence-electron chi connectivity index (χ1n) is 3.99. The summed E-state index contributed by atoms with van der Waals surface area (Å²) in [6.45, 7) is 0. The summed E-state index contributed by atoms with van der Waals surface area (Å²) < 4.78 is 40.8. The standard InChI is InChI=1S/C8H9F3O3/c9-8(10,11)5-7(6(12)13)3-1-2-4-14-7/h2,4H,1,3,5H2,(H,12,13). The van der Waals surface area contributed by atoms with Crippen LogP contribution >= 0.6 is 0 Å². The summed E-state index contributed by atoms with van der Waals surface area (Å²) in [7, 11) is 0. The van der Waals surface area contributed by atoms with Crippen LogP contribution < -0.4 is 0 Å². The Hall–Kier alpha value is -1.20. The minimum atomic E-state index is -4.54. The van der Waals surface area contributed by atoms with E-state index in [2.05, 4.69) is 4.74 Å². The van der Waals surface area contributed by atoms with Crippen molar-refractivity contribution in [3.63, 3.8) is 0 Å². The van der Waals surface area contributed by atoms with Gasteiger partial charge in [0.15, 0.2) is 0 Å². The van der Waals surface area contributed by atoms with E-state index in [1.165, 1.54) is 6.08 Å². The lowest BCUT2D eigenvalue weighted by Crippen LogP contribution is -2.45. The third-order valence-corrected chi connectivity index (χ3v) is 1.98. The Balaban J connectivity index is 2.83. The van der Waals surface area contributed by atoms with Crippen molar-refractivity contribution >= 4 is 5.97 Å². The number of carboxylic acid groups (broad SMARTS) is 1. The molecule has 0 spiro atoms. The molecule has 1 N–H and O–H groups in total. The van der Waals surface area contributed by atoms with Crippen molar-refractivity contribution in [1.82, 2.24) is 0 Å². The molecule has 1 unspecified atom stereocenters. The molecule has 0 saturated heterocycles. The highest BCUT2D eigenvalue weighted by Crippen LogP contribution is 2.35. The lowest BCUT2D eigenvalue weighted by molar-refractivity contribution is -0.198. The number of halogens is 3. The van der Waals surface area contributed by atoms with Crippen LogP contribution in [0, 0.1) is 0 Å². The molecule has 1 aliphatic rings. The van der Waals surface area contributed by atoms with E-state index in [0.29, 0.717) is 0 Å². The molecular formula is C8H9F3O3. The number of rotatable bonds is 2. The summed E-state index contributed by atoms with van der Waals surface area (Å²) in [5, 5.41) is 8.69. The van der Waals surface area contributed by atoms with E-state index < -0.39 is 24.2 Å². The van der Waals surface area contributed by atoms with E-state index in [1.54, 1.807) is 0 Å². The van der Waals surface area contributed by atoms with Gasteiger partial charge in [-0.1, -0.05) is 0 Å². The predicted octanol–water partition coefficient (Wildman–Crippen LogP) is 2.09. The SMILES string of the molecule is O=C(O)C1(CC(F)(F)F)CCC=CO1. The molecule has 1 aliphatic heterocycles. The number of alkyl halides is 3. The van der Waals surface area contributed by atoms with Gasteiger partial charge in [-0.15, -0.1) is 0 Å². The van der Waals surface area contributed by atoms with Gasteiger partial charge in [-0.05, 0) is 12.5 Å². The Morgan fingerprint density at radius 2 is 2.21 bits per heavy atom. The molecule has 14 heavy (non-hydrogen) atoms. The second-order valence-electron chi connectivity index (χ2n) is 3.12. The fraction of sp³-hybridized carbons (Fsp3) is 0.625. The topological polar surface area (TPSA) is 46.5 Å². The van der Waals surface area contributed by atoms with Gasteiger partial charge < -0.3 is 9.84 Å². The van der Waals surface area contributed by atoms with Crippen LogP contribution in [0.5, 0.6) is 0 Å². The number of hydrogen-bond acceptors (Lipinski definition) is 2. The zero-order valence-electron chi connectivity index (χ0n) is 7.17. The highest BCUT2D eigenvalue weighted by Gasteiger charge is 2.49. The largest absolute Gasteiger partial charge is 0.483 e. The van der Waals surface area contributed by atoms with E-state index in [1.807, 2.05) is 0 Å². The molecule has 80 valence electrons. The Kier molecular flexibility index (Phi) is 2.73. The molecule has 0 radical (unpaired) electrons. The van der Waals surface area contributed by atoms with Gasteiger partial charge in [0.1, 0.15) is 0 Å². The first-order chi connectivity index (χ1) is 6.36. The zero-order valence-corrected chi connectivity index (χ0v) is 7.17. The maximum atomic E-state index is 12.1. The molecule has 0 aliphatic carbocycles. The molecule has 1 rings (SSSR count). The van der Waals surface area contributed by atoms with E-state index in [9.17, 15) is 18.0 Å². The quantitative estimate of drug-likeness (QED) is 0.759. The van der Waals surface area contributed by atoms with Crippen molar-refractivity contribution < 1.29 is 27.8 Å². The van der Waals surface area contributed by atoms with Gasteiger partial charge in [-0.25, -0.2) is 4.79 Å². The van der Waals surface area contributed by atoms with Crippen LogP contribution in [0.4, 0.5) is 13.2 Å². The van der Waals surface area contributed by atoms with Crippen molar-refractivity contribution in [2.75, 3.05) is 0 Å². The fourth-order valence-corrected chi connectivity index (χ4v) is 1.31. The molecule has 1 heterocycles. The molecule has 0 saturated carbocycles. The van der Waals surface area contributed by atoms with Crippen LogP contribution in [0.25, 0.3) is 0 Å². The number of aliphatic carboxylic acids is 1. The third kappa shape index (κ3) is 2.40. The summed E-state index contributed by atoms with van der Waals surface area (Å²) in [6, 6.07) is 0. The second kappa shape index (κ2) is 3.51. The Morgan fingerprint density at radius 1 is 1.57 bits per heavy atom. The first kappa shape index (κ1) is 10.9. The monoisotopic (exact) mass is 210 g/mol. The van der Waals surface area contributed by atoms with Gasteiger partial charge in [-0.2, -0.15) is 13.2 Å². The predicted molar refractivity (Wildman–Crippen MR) is 40.5 cm³/mol. The number of ether oxygens (including phenoxy) is 1. The van der Waals surface area contributed by atoms with Crippen molar-refractivity contribution in [1.29, 1.82) is 0 Å². The Morgan fingerprint density at radius 3 is 2.57 bits per heavy atom. The van der Waals surface area contributed by atoms with Crippen molar-refractivity contribution in [2.24, 2.45) is 0 Å². The number of carboxylic acids is 1. The lowest BCUT2D eigenvalue weighted by Gasteiger charge is -2.31. The number of carbonyl (C=O) groups is 1. The molecule has 0 aromatic heterocycles. The van der Waals surface area contributed by atoms with Gasteiger partial charge in [-0.3, -0.25) is 0 Å². The highest BCUT2D eigenvalue weighted by molar-refractivity contribution is 5.77. The molecule has 3 nitrogen and oxygen atoms in total. The van der Waals surface area contributed by atoms with Crippen LogP contribution in [0.15, 0.2) is 12.3 Å². The average molecular weight is 210 g/mol. The smallest absolute Gasteiger partial charge is 0.393 e. The first-order valence-corrected chi connectivity index (χ1v) is 3.99. The molecule has 1 atom stereocenters. The maximum absolute atomic E-state index is 12.1. The lowest BCUT2D eigenvalue weighted by atomic mass is 9.92. The van der Waals surface area contributed by atoms with Crippen molar-refractivity contribution in [3.05, 3.63) is 12.3 Å². The Bertz CT molecular complexity index is 259. The van der Waals surface area contributed by atoms with E-state index in [-0.39, 0.29) is 12.8 Å². The van der Waals surface area contributed by atoms with Crippen LogP contribution in [0.1, 0.15) is 19.3 Å². The number of allylic oxidation sites excluding steroid dienone is 1. The van der Waals surface area contributed by atoms with E-state index >= 15 is 0 Å². The molecule has 6 heteroatoms. The summed E-state index contributed by atoms with van der Waals surface area (Å²) in [5.74, 6) is -1.57. The molecule has 0 aromatic rings. The molecule has 0 bridgehead atoms. The summed E-state index contributed by atoms with van der Waals surface area (Å²) in [5.41, 5.74) is -2.13. The van der Waals surface area contributed by atoms with Gasteiger partial charge in [0.25, 0.3) is 0 Å². The molecule has 0 fully saturated rings. The maximum Gasteiger partial charge on any atom is 0.393 e. The van der Waals surface area contributed by atoms with Crippen molar-refractivity contribution in [2.45, 2.75) is 31.0 Å². The van der Waals surface area contributed by atoms with Gasteiger partial charge in [0, 0.05) is 6.42 Å². The van der Waals surface area contributed by atoms with Crippen molar-refractivity contribution in [3.8, 4) is 0 Å². The Labute approximate surface area is 78.2 Å². The van der Waals surface area contributed by atoms with Crippen LogP contribution in [0.3, 0.4) is 0 Å². The summed E-state index contributed by atoms with van der Waals surface area (Å²) >= 11 is 0. The van der Waals surface area contributed by atoms with E-state index in [4.69, 9.17) is 5.11 Å². The van der Waals surface area contributed by atoms with Gasteiger partial charge in [0.05, 0.1) is 12.7 Å². The summed E-state index contributed by atoms with van der Waals surface area (Å²) in [4.78, 5) is 10.7.